The molecule has 0 saturated heterocycles. The number of anilines is 1. The van der Waals surface area contributed by atoms with Crippen LogP contribution in [0.5, 0.6) is 0 Å². The van der Waals surface area contributed by atoms with Gasteiger partial charge in [0.2, 0.25) is 5.91 Å². The zero-order chi connectivity index (χ0) is 15.1. The molecule has 3 amide bonds. The second kappa shape index (κ2) is 7.49. The maximum atomic E-state index is 12.2. The summed E-state index contributed by atoms with van der Waals surface area (Å²) in [6, 6.07) is 5.47. The van der Waals surface area contributed by atoms with Gasteiger partial charge in [0, 0.05) is 5.69 Å². The number of hydrogen-bond acceptors (Lipinski definition) is 3. The third-order valence-electron chi connectivity index (χ3n) is 3.17. The fourth-order valence-corrected chi connectivity index (χ4v) is 1.82. The molecule has 0 bridgehead atoms. The third kappa shape index (κ3) is 4.55. The number of benzene rings is 1. The van der Waals surface area contributed by atoms with Gasteiger partial charge in [0.15, 0.2) is 0 Å². The molecular formula is C14H21N3O3. The minimum atomic E-state index is -0.727. The SMILES string of the molecule is CCC(C)C(NC(N)=O)C(=O)Nc1cccc(CO)c1. The lowest BCUT2D eigenvalue weighted by atomic mass is 9.98. The van der Waals surface area contributed by atoms with E-state index in [-0.39, 0.29) is 18.4 Å². The lowest BCUT2D eigenvalue weighted by Crippen LogP contribution is -2.49. The maximum Gasteiger partial charge on any atom is 0.312 e. The van der Waals surface area contributed by atoms with E-state index in [1.54, 1.807) is 24.3 Å². The largest absolute Gasteiger partial charge is 0.392 e. The molecule has 0 heterocycles. The quantitative estimate of drug-likeness (QED) is 0.629. The number of rotatable bonds is 6. The first-order valence-electron chi connectivity index (χ1n) is 6.54. The molecule has 0 aliphatic rings. The summed E-state index contributed by atoms with van der Waals surface area (Å²) >= 11 is 0. The van der Waals surface area contributed by atoms with E-state index in [9.17, 15) is 9.59 Å². The van der Waals surface area contributed by atoms with Crippen LogP contribution in [-0.4, -0.2) is 23.1 Å². The Balaban J connectivity index is 2.81. The van der Waals surface area contributed by atoms with Gasteiger partial charge in [0.05, 0.1) is 6.61 Å². The van der Waals surface area contributed by atoms with Gasteiger partial charge in [-0.25, -0.2) is 4.79 Å². The standard InChI is InChI=1S/C14H21N3O3/c1-3-9(2)12(17-14(15)20)13(19)16-11-6-4-5-10(7-11)8-18/h4-7,9,12,18H,3,8H2,1-2H3,(H,16,19)(H3,15,17,20). The molecule has 0 aliphatic heterocycles. The molecule has 110 valence electrons. The molecular weight excluding hydrogens is 258 g/mol. The number of hydrogen-bond donors (Lipinski definition) is 4. The van der Waals surface area contributed by atoms with Crippen LogP contribution in [0.3, 0.4) is 0 Å². The van der Waals surface area contributed by atoms with E-state index in [4.69, 9.17) is 10.8 Å². The topological polar surface area (TPSA) is 104 Å². The first-order valence-corrected chi connectivity index (χ1v) is 6.54. The predicted molar refractivity (Wildman–Crippen MR) is 77.0 cm³/mol. The monoisotopic (exact) mass is 279 g/mol. The first kappa shape index (κ1) is 16.0. The highest BCUT2D eigenvalue weighted by atomic mass is 16.3. The van der Waals surface area contributed by atoms with Crippen molar-refractivity contribution >= 4 is 17.6 Å². The number of carbonyl (C=O) groups excluding carboxylic acids is 2. The van der Waals surface area contributed by atoms with Crippen molar-refractivity contribution in [3.8, 4) is 0 Å². The number of nitrogens with two attached hydrogens (primary N) is 1. The third-order valence-corrected chi connectivity index (χ3v) is 3.17. The summed E-state index contributed by atoms with van der Waals surface area (Å²) in [5, 5.41) is 14.2. The smallest absolute Gasteiger partial charge is 0.312 e. The van der Waals surface area contributed by atoms with Crippen molar-refractivity contribution in [1.82, 2.24) is 5.32 Å². The molecule has 1 aromatic rings. The van der Waals surface area contributed by atoms with Gasteiger partial charge in [-0.3, -0.25) is 4.79 Å². The average molecular weight is 279 g/mol. The van der Waals surface area contributed by atoms with Crippen LogP contribution in [0, 0.1) is 5.92 Å². The highest BCUT2D eigenvalue weighted by Gasteiger charge is 2.25. The number of amides is 3. The highest BCUT2D eigenvalue weighted by molar-refractivity contribution is 5.97. The zero-order valence-corrected chi connectivity index (χ0v) is 11.7. The van der Waals surface area contributed by atoms with Crippen LogP contribution >= 0.6 is 0 Å². The zero-order valence-electron chi connectivity index (χ0n) is 11.7. The average Bonchev–Trinajstić information content (AvgIpc) is 2.43. The molecule has 0 saturated carbocycles. The molecule has 0 radical (unpaired) electrons. The van der Waals surface area contributed by atoms with E-state index in [0.717, 1.165) is 6.42 Å². The molecule has 0 aromatic heterocycles. The van der Waals surface area contributed by atoms with Gasteiger partial charge < -0.3 is 21.5 Å². The Hall–Kier alpha value is -2.08. The Morgan fingerprint density at radius 1 is 1.40 bits per heavy atom. The van der Waals surface area contributed by atoms with Crippen LogP contribution in [0.2, 0.25) is 0 Å². The number of nitrogens with one attached hydrogen (secondary N) is 2. The molecule has 5 N–H and O–H groups in total. The summed E-state index contributed by atoms with van der Waals surface area (Å²) in [7, 11) is 0. The second-order valence-corrected chi connectivity index (χ2v) is 4.72. The summed E-state index contributed by atoms with van der Waals surface area (Å²) in [6.07, 6.45) is 0.731. The number of aliphatic hydroxyl groups is 1. The molecule has 6 heteroatoms. The van der Waals surface area contributed by atoms with E-state index in [1.807, 2.05) is 13.8 Å². The van der Waals surface area contributed by atoms with E-state index in [0.29, 0.717) is 11.3 Å². The molecule has 20 heavy (non-hydrogen) atoms. The number of urea groups is 1. The first-order chi connectivity index (χ1) is 9.47. The Morgan fingerprint density at radius 3 is 2.65 bits per heavy atom. The van der Waals surface area contributed by atoms with Gasteiger partial charge in [0.1, 0.15) is 6.04 Å². The molecule has 1 rings (SSSR count). The van der Waals surface area contributed by atoms with Crippen molar-refractivity contribution in [3.63, 3.8) is 0 Å². The van der Waals surface area contributed by atoms with Crippen LogP contribution in [0.1, 0.15) is 25.8 Å². The number of aliphatic hydroxyl groups excluding tert-OH is 1. The Labute approximate surface area is 118 Å². The minimum absolute atomic E-state index is 0.0384. The minimum Gasteiger partial charge on any atom is -0.392 e. The van der Waals surface area contributed by atoms with Gasteiger partial charge in [-0.05, 0) is 23.6 Å². The van der Waals surface area contributed by atoms with Gasteiger partial charge in [-0.2, -0.15) is 0 Å². The van der Waals surface area contributed by atoms with Crippen molar-refractivity contribution < 1.29 is 14.7 Å². The summed E-state index contributed by atoms with van der Waals surface area (Å²) in [5.74, 6) is -0.364. The van der Waals surface area contributed by atoms with Crippen molar-refractivity contribution in [1.29, 1.82) is 0 Å². The molecule has 2 unspecified atom stereocenters. The van der Waals surface area contributed by atoms with E-state index in [1.165, 1.54) is 0 Å². The summed E-state index contributed by atoms with van der Waals surface area (Å²) in [5.41, 5.74) is 6.37. The Bertz CT molecular complexity index is 476. The predicted octanol–water partition coefficient (Wildman–Crippen LogP) is 1.20. The van der Waals surface area contributed by atoms with E-state index < -0.39 is 12.1 Å². The molecule has 6 nitrogen and oxygen atoms in total. The molecule has 0 aliphatic carbocycles. The summed E-state index contributed by atoms with van der Waals surface area (Å²) in [4.78, 5) is 23.2. The highest BCUT2D eigenvalue weighted by Crippen LogP contribution is 2.14. The van der Waals surface area contributed by atoms with Crippen molar-refractivity contribution in [2.24, 2.45) is 11.7 Å². The van der Waals surface area contributed by atoms with Gasteiger partial charge >= 0.3 is 6.03 Å². The van der Waals surface area contributed by atoms with Crippen LogP contribution in [0.25, 0.3) is 0 Å². The summed E-state index contributed by atoms with van der Waals surface area (Å²) < 4.78 is 0. The number of carbonyl (C=O) groups is 2. The molecule has 2 atom stereocenters. The molecule has 0 spiro atoms. The van der Waals surface area contributed by atoms with Gasteiger partial charge in [0.25, 0.3) is 0 Å². The Kier molecular flexibility index (Phi) is 5.99. The van der Waals surface area contributed by atoms with Crippen LogP contribution in [0.4, 0.5) is 10.5 Å². The fraction of sp³-hybridized carbons (Fsp3) is 0.429. The van der Waals surface area contributed by atoms with Gasteiger partial charge in [-0.1, -0.05) is 32.4 Å². The van der Waals surface area contributed by atoms with Crippen molar-refractivity contribution in [2.75, 3.05) is 5.32 Å². The maximum absolute atomic E-state index is 12.2. The molecule has 1 aromatic carbocycles. The lowest BCUT2D eigenvalue weighted by molar-refractivity contribution is -0.119. The Morgan fingerprint density at radius 2 is 2.10 bits per heavy atom. The van der Waals surface area contributed by atoms with Crippen molar-refractivity contribution in [3.05, 3.63) is 29.8 Å². The van der Waals surface area contributed by atoms with Crippen LogP contribution in [0.15, 0.2) is 24.3 Å². The fourth-order valence-electron chi connectivity index (χ4n) is 1.82. The van der Waals surface area contributed by atoms with Gasteiger partial charge in [-0.15, -0.1) is 0 Å². The second-order valence-electron chi connectivity index (χ2n) is 4.72. The van der Waals surface area contributed by atoms with Crippen LogP contribution in [-0.2, 0) is 11.4 Å². The van der Waals surface area contributed by atoms with E-state index >= 15 is 0 Å². The van der Waals surface area contributed by atoms with Crippen molar-refractivity contribution in [2.45, 2.75) is 32.9 Å². The molecule has 0 fully saturated rings. The van der Waals surface area contributed by atoms with Crippen LogP contribution < -0.4 is 16.4 Å². The normalized spacial score (nSPS) is 13.3. The number of primary amides is 1. The van der Waals surface area contributed by atoms with E-state index in [2.05, 4.69) is 10.6 Å². The summed E-state index contributed by atoms with van der Waals surface area (Å²) in [6.45, 7) is 3.70. The lowest BCUT2D eigenvalue weighted by Gasteiger charge is -2.22.